The van der Waals surface area contributed by atoms with Crippen molar-refractivity contribution < 1.29 is 19.0 Å². The van der Waals surface area contributed by atoms with E-state index in [1.54, 1.807) is 43.6 Å². The lowest BCUT2D eigenvalue weighted by Gasteiger charge is -2.24. The number of carbonyl (C=O) groups is 1. The van der Waals surface area contributed by atoms with Crippen LogP contribution in [0.25, 0.3) is 11.3 Å². The average molecular weight is 499 g/mol. The first kappa shape index (κ1) is 25.4. The van der Waals surface area contributed by atoms with Crippen molar-refractivity contribution in [3.8, 4) is 29.1 Å². The second-order valence-electron chi connectivity index (χ2n) is 8.81. The number of rotatable bonds is 9. The van der Waals surface area contributed by atoms with Gasteiger partial charge in [-0.15, -0.1) is 0 Å². The number of methoxy groups -OCH3 is 1. The molecule has 2 N–H and O–H groups in total. The van der Waals surface area contributed by atoms with Crippen LogP contribution in [0.1, 0.15) is 30.5 Å². The fourth-order valence-corrected chi connectivity index (χ4v) is 4.07. The molecule has 0 saturated heterocycles. The van der Waals surface area contributed by atoms with Crippen molar-refractivity contribution >= 4 is 23.3 Å². The van der Waals surface area contributed by atoms with Crippen LogP contribution >= 0.6 is 0 Å². The maximum atomic E-state index is 11.4. The summed E-state index contributed by atoms with van der Waals surface area (Å²) in [6.07, 6.45) is 1.61. The van der Waals surface area contributed by atoms with Gasteiger partial charge in [-0.2, -0.15) is 10.5 Å². The molecule has 0 bridgehead atoms. The zero-order valence-corrected chi connectivity index (χ0v) is 20.8. The monoisotopic (exact) mass is 498 g/mol. The van der Waals surface area contributed by atoms with Gasteiger partial charge in [0, 0.05) is 37.8 Å². The van der Waals surface area contributed by atoms with Gasteiger partial charge in [-0.05, 0) is 42.0 Å². The molecular formula is C27H26N6O4. The Labute approximate surface area is 214 Å². The van der Waals surface area contributed by atoms with E-state index < -0.39 is 5.41 Å². The van der Waals surface area contributed by atoms with Gasteiger partial charge in [-0.1, -0.05) is 6.92 Å². The summed E-state index contributed by atoms with van der Waals surface area (Å²) >= 11 is 0. The average Bonchev–Trinajstić information content (AvgIpc) is 3.24. The van der Waals surface area contributed by atoms with Crippen molar-refractivity contribution in [3.63, 3.8) is 0 Å². The predicted molar refractivity (Wildman–Crippen MR) is 136 cm³/mol. The molecule has 2 heterocycles. The fraction of sp³-hybridized carbons (Fsp3) is 0.296. The molecule has 1 aromatic heterocycles. The first-order chi connectivity index (χ1) is 17.9. The molecule has 1 aliphatic heterocycles. The van der Waals surface area contributed by atoms with Gasteiger partial charge in [-0.3, -0.25) is 4.79 Å². The third-order valence-corrected chi connectivity index (χ3v) is 6.01. The van der Waals surface area contributed by atoms with E-state index in [-0.39, 0.29) is 12.6 Å². The molecule has 10 nitrogen and oxygen atoms in total. The van der Waals surface area contributed by atoms with E-state index in [2.05, 4.69) is 32.7 Å². The molecule has 0 aliphatic carbocycles. The van der Waals surface area contributed by atoms with Crippen molar-refractivity contribution in [2.75, 3.05) is 44.1 Å². The lowest BCUT2D eigenvalue weighted by molar-refractivity contribution is -0.142. The number of hydrogen-bond donors (Lipinski definition) is 2. The Hall–Kier alpha value is -4.67. The van der Waals surface area contributed by atoms with E-state index in [4.69, 9.17) is 14.2 Å². The molecule has 2 aromatic carbocycles. The van der Waals surface area contributed by atoms with Gasteiger partial charge in [-0.25, -0.2) is 9.97 Å². The molecular weight excluding hydrogens is 472 g/mol. The summed E-state index contributed by atoms with van der Waals surface area (Å²) in [6, 6.07) is 14.9. The quantitative estimate of drug-likeness (QED) is 0.329. The standard InChI is InChI=1S/C27H26N6O4/c1-17(34)37-16-27(2)15-31-25-20(14-29)11-19(12-21(25)27)22-6-7-30-26(32-22)33-23-10-18(13-28)4-5-24(23)36-9-8-35-3/h4-7,10-12,31H,8-9,15-16H2,1-3H3,(H,30,32,33)/t27-/m1/s1. The van der Waals surface area contributed by atoms with Gasteiger partial charge in [0.05, 0.1) is 40.9 Å². The summed E-state index contributed by atoms with van der Waals surface area (Å²) in [5, 5.41) is 25.6. The first-order valence-corrected chi connectivity index (χ1v) is 11.6. The molecule has 3 aromatic rings. The SMILES string of the molecule is COCCOc1ccc(C#N)cc1Nc1nccc(-c2cc(C#N)c3c(c2)[C@@](C)(COC(C)=O)CN3)n1. The number of nitriles is 2. The van der Waals surface area contributed by atoms with Crippen molar-refractivity contribution in [1.82, 2.24) is 9.97 Å². The maximum Gasteiger partial charge on any atom is 0.302 e. The molecule has 1 atom stereocenters. The summed E-state index contributed by atoms with van der Waals surface area (Å²) in [5.74, 6) is 0.467. The fourth-order valence-electron chi connectivity index (χ4n) is 4.07. The minimum absolute atomic E-state index is 0.189. The molecule has 188 valence electrons. The zero-order valence-electron chi connectivity index (χ0n) is 20.8. The van der Waals surface area contributed by atoms with Gasteiger partial charge in [0.15, 0.2) is 0 Å². The summed E-state index contributed by atoms with van der Waals surface area (Å²) in [6.45, 7) is 4.83. The number of hydrogen-bond acceptors (Lipinski definition) is 10. The van der Waals surface area contributed by atoms with Gasteiger partial charge < -0.3 is 24.8 Å². The van der Waals surface area contributed by atoms with E-state index in [1.165, 1.54) is 6.92 Å². The number of benzene rings is 2. The highest BCUT2D eigenvalue weighted by Gasteiger charge is 2.37. The van der Waals surface area contributed by atoms with E-state index in [9.17, 15) is 15.3 Å². The number of carbonyl (C=O) groups excluding carboxylic acids is 1. The summed E-state index contributed by atoms with van der Waals surface area (Å²) < 4.78 is 16.1. The zero-order chi connectivity index (χ0) is 26.4. The van der Waals surface area contributed by atoms with Crippen molar-refractivity contribution in [2.45, 2.75) is 19.3 Å². The molecule has 37 heavy (non-hydrogen) atoms. The molecule has 0 spiro atoms. The molecule has 0 fully saturated rings. The van der Waals surface area contributed by atoms with Gasteiger partial charge in [0.25, 0.3) is 0 Å². The summed E-state index contributed by atoms with van der Waals surface area (Å²) in [7, 11) is 1.59. The number of esters is 1. The minimum atomic E-state index is -0.497. The van der Waals surface area contributed by atoms with Crippen LogP contribution in [0, 0.1) is 22.7 Å². The maximum absolute atomic E-state index is 11.4. The van der Waals surface area contributed by atoms with Crippen molar-refractivity contribution in [2.24, 2.45) is 0 Å². The van der Waals surface area contributed by atoms with E-state index >= 15 is 0 Å². The van der Waals surface area contributed by atoms with E-state index in [1.807, 2.05) is 13.0 Å². The number of ether oxygens (including phenoxy) is 3. The number of anilines is 3. The van der Waals surface area contributed by atoms with Crippen LogP contribution in [-0.2, 0) is 19.7 Å². The third kappa shape index (κ3) is 5.61. The van der Waals surface area contributed by atoms with E-state index in [0.29, 0.717) is 54.0 Å². The minimum Gasteiger partial charge on any atom is -0.489 e. The molecule has 4 rings (SSSR count). The largest absolute Gasteiger partial charge is 0.489 e. The molecule has 0 unspecified atom stereocenters. The highest BCUT2D eigenvalue weighted by Crippen LogP contribution is 2.41. The molecule has 1 aliphatic rings. The summed E-state index contributed by atoms with van der Waals surface area (Å²) in [5.41, 5.74) is 3.90. The van der Waals surface area contributed by atoms with Crippen molar-refractivity contribution in [3.05, 3.63) is 59.3 Å². The normalized spacial score (nSPS) is 15.6. The second kappa shape index (κ2) is 10.9. The third-order valence-electron chi connectivity index (χ3n) is 6.01. The Balaban J connectivity index is 1.68. The van der Waals surface area contributed by atoms with Crippen molar-refractivity contribution in [1.29, 1.82) is 10.5 Å². The number of nitrogens with one attached hydrogen (secondary N) is 2. The molecule has 10 heteroatoms. The smallest absolute Gasteiger partial charge is 0.302 e. The number of fused-ring (bicyclic) bond motifs is 1. The highest BCUT2D eigenvalue weighted by molar-refractivity contribution is 5.77. The lowest BCUT2D eigenvalue weighted by Crippen LogP contribution is -2.31. The van der Waals surface area contributed by atoms with Crippen LogP contribution < -0.4 is 15.4 Å². The van der Waals surface area contributed by atoms with Crippen LogP contribution in [0.15, 0.2) is 42.6 Å². The summed E-state index contributed by atoms with van der Waals surface area (Å²) in [4.78, 5) is 20.4. The van der Waals surface area contributed by atoms with Crippen LogP contribution in [0.3, 0.4) is 0 Å². The Morgan fingerprint density at radius 1 is 1.19 bits per heavy atom. The molecule has 0 radical (unpaired) electrons. The predicted octanol–water partition coefficient (Wildman–Crippen LogP) is 3.90. The first-order valence-electron chi connectivity index (χ1n) is 11.6. The Morgan fingerprint density at radius 2 is 2.03 bits per heavy atom. The Bertz CT molecular complexity index is 1410. The molecule has 0 saturated carbocycles. The Morgan fingerprint density at radius 3 is 2.76 bits per heavy atom. The lowest BCUT2D eigenvalue weighted by atomic mass is 9.83. The Kier molecular flexibility index (Phi) is 7.52. The second-order valence-corrected chi connectivity index (χ2v) is 8.81. The number of aromatic nitrogens is 2. The highest BCUT2D eigenvalue weighted by atomic mass is 16.5. The van der Waals surface area contributed by atoms with Gasteiger partial charge in [0.1, 0.15) is 25.0 Å². The van der Waals surface area contributed by atoms with Crippen LogP contribution in [0.2, 0.25) is 0 Å². The van der Waals surface area contributed by atoms with Crippen LogP contribution in [0.5, 0.6) is 5.75 Å². The van der Waals surface area contributed by atoms with Crippen LogP contribution in [-0.4, -0.2) is 49.4 Å². The van der Waals surface area contributed by atoms with Gasteiger partial charge in [0.2, 0.25) is 5.95 Å². The topological polar surface area (TPSA) is 142 Å². The van der Waals surface area contributed by atoms with Crippen LogP contribution in [0.4, 0.5) is 17.3 Å². The van der Waals surface area contributed by atoms with E-state index in [0.717, 1.165) is 16.8 Å². The molecule has 0 amide bonds. The van der Waals surface area contributed by atoms with Gasteiger partial charge >= 0.3 is 5.97 Å². The number of nitrogens with zero attached hydrogens (tertiary/aromatic N) is 4.